The highest BCUT2D eigenvalue weighted by Crippen LogP contribution is 2.12. The molecule has 2 aromatic carbocycles. The largest absolute Gasteiger partial charge is 0.497 e. The first-order chi connectivity index (χ1) is 10.2. The third kappa shape index (κ3) is 4.61. The van der Waals surface area contributed by atoms with Crippen LogP contribution in [-0.4, -0.2) is 19.1 Å². The van der Waals surface area contributed by atoms with Gasteiger partial charge in [-0.3, -0.25) is 4.79 Å². The molecule has 2 aromatic rings. The molecule has 0 aliphatic rings. The number of hydrogen-bond donors (Lipinski definition) is 1. The van der Waals surface area contributed by atoms with Crippen LogP contribution >= 0.6 is 0 Å². The fourth-order valence-corrected chi connectivity index (χ4v) is 1.93. The molecule has 0 aliphatic heterocycles. The molecular weight excluding hydrogens is 266 g/mol. The second-order valence-electron chi connectivity index (χ2n) is 4.75. The van der Waals surface area contributed by atoms with E-state index >= 15 is 0 Å². The third-order valence-electron chi connectivity index (χ3n) is 3.14. The van der Waals surface area contributed by atoms with Gasteiger partial charge < -0.3 is 15.2 Å². The number of esters is 1. The molecule has 0 saturated carbocycles. The third-order valence-corrected chi connectivity index (χ3v) is 3.14. The summed E-state index contributed by atoms with van der Waals surface area (Å²) >= 11 is 0. The van der Waals surface area contributed by atoms with Gasteiger partial charge in [-0.25, -0.2) is 0 Å². The highest BCUT2D eigenvalue weighted by molar-refractivity contribution is 5.75. The van der Waals surface area contributed by atoms with Crippen molar-refractivity contribution in [3.05, 3.63) is 65.7 Å². The van der Waals surface area contributed by atoms with Crippen LogP contribution in [0.25, 0.3) is 0 Å². The Labute approximate surface area is 124 Å². The fraction of sp³-hybridized carbons (Fsp3) is 0.235. The SMILES string of the molecule is COc1ccc(COC(=O)C(N)Cc2ccccc2)cc1. The summed E-state index contributed by atoms with van der Waals surface area (Å²) in [6.07, 6.45) is 0.474. The number of nitrogens with two attached hydrogens (primary N) is 1. The molecule has 0 aliphatic carbocycles. The second kappa shape index (κ2) is 7.45. The van der Waals surface area contributed by atoms with Crippen LogP contribution in [-0.2, 0) is 22.6 Å². The number of carbonyl (C=O) groups excluding carboxylic acids is 1. The van der Waals surface area contributed by atoms with Crippen molar-refractivity contribution in [3.63, 3.8) is 0 Å². The molecule has 110 valence electrons. The molecule has 0 heterocycles. The van der Waals surface area contributed by atoms with Crippen LogP contribution in [0.4, 0.5) is 0 Å². The van der Waals surface area contributed by atoms with Gasteiger partial charge in [0, 0.05) is 0 Å². The van der Waals surface area contributed by atoms with Gasteiger partial charge in [-0.15, -0.1) is 0 Å². The summed E-state index contributed by atoms with van der Waals surface area (Å²) in [4.78, 5) is 11.9. The normalized spacial score (nSPS) is 11.7. The van der Waals surface area contributed by atoms with Gasteiger partial charge in [0.2, 0.25) is 0 Å². The zero-order valence-electron chi connectivity index (χ0n) is 12.0. The van der Waals surface area contributed by atoms with E-state index in [1.807, 2.05) is 54.6 Å². The second-order valence-corrected chi connectivity index (χ2v) is 4.75. The summed E-state index contributed by atoms with van der Waals surface area (Å²) in [7, 11) is 1.61. The van der Waals surface area contributed by atoms with Gasteiger partial charge in [-0.05, 0) is 29.7 Å². The number of carbonyl (C=O) groups is 1. The van der Waals surface area contributed by atoms with Crippen molar-refractivity contribution < 1.29 is 14.3 Å². The minimum Gasteiger partial charge on any atom is -0.497 e. The summed E-state index contributed by atoms with van der Waals surface area (Å²) in [5, 5.41) is 0. The molecule has 2 rings (SSSR count). The summed E-state index contributed by atoms with van der Waals surface area (Å²) in [6.45, 7) is 0.214. The van der Waals surface area contributed by atoms with Crippen molar-refractivity contribution >= 4 is 5.97 Å². The molecule has 1 atom stereocenters. The van der Waals surface area contributed by atoms with Crippen molar-refractivity contribution in [3.8, 4) is 5.75 Å². The van der Waals surface area contributed by atoms with Crippen LogP contribution in [0.2, 0.25) is 0 Å². The number of rotatable bonds is 6. The van der Waals surface area contributed by atoms with E-state index in [4.69, 9.17) is 15.2 Å². The number of benzene rings is 2. The van der Waals surface area contributed by atoms with Gasteiger partial charge in [0.1, 0.15) is 18.4 Å². The molecule has 0 fully saturated rings. The van der Waals surface area contributed by atoms with Crippen LogP contribution in [0.3, 0.4) is 0 Å². The zero-order valence-corrected chi connectivity index (χ0v) is 12.0. The van der Waals surface area contributed by atoms with Crippen molar-refractivity contribution in [1.29, 1.82) is 0 Å². The van der Waals surface area contributed by atoms with E-state index in [-0.39, 0.29) is 6.61 Å². The number of hydrogen-bond acceptors (Lipinski definition) is 4. The maximum atomic E-state index is 11.9. The average molecular weight is 285 g/mol. The van der Waals surface area contributed by atoms with Crippen molar-refractivity contribution in [1.82, 2.24) is 0 Å². The first kappa shape index (κ1) is 15.1. The smallest absolute Gasteiger partial charge is 0.323 e. The van der Waals surface area contributed by atoms with Crippen LogP contribution < -0.4 is 10.5 Å². The van der Waals surface area contributed by atoms with Gasteiger partial charge in [0.25, 0.3) is 0 Å². The highest BCUT2D eigenvalue weighted by Gasteiger charge is 2.15. The Morgan fingerprint density at radius 2 is 1.71 bits per heavy atom. The quantitative estimate of drug-likeness (QED) is 0.827. The lowest BCUT2D eigenvalue weighted by molar-refractivity contribution is -0.146. The standard InChI is InChI=1S/C17H19NO3/c1-20-15-9-7-14(8-10-15)12-21-17(19)16(18)11-13-5-3-2-4-6-13/h2-10,16H,11-12,18H2,1H3. The van der Waals surface area contributed by atoms with E-state index in [0.717, 1.165) is 16.9 Å². The van der Waals surface area contributed by atoms with Crippen LogP contribution in [0.15, 0.2) is 54.6 Å². The predicted octanol–water partition coefficient (Wildman–Crippen LogP) is 2.31. The Kier molecular flexibility index (Phi) is 5.35. The lowest BCUT2D eigenvalue weighted by atomic mass is 10.1. The molecule has 0 amide bonds. The summed E-state index contributed by atoms with van der Waals surface area (Å²) < 4.78 is 10.3. The van der Waals surface area contributed by atoms with Gasteiger partial charge in [-0.2, -0.15) is 0 Å². The van der Waals surface area contributed by atoms with E-state index < -0.39 is 12.0 Å². The van der Waals surface area contributed by atoms with E-state index in [1.165, 1.54) is 0 Å². The Hall–Kier alpha value is -2.33. The first-order valence-electron chi connectivity index (χ1n) is 6.78. The minimum absolute atomic E-state index is 0.214. The molecule has 4 heteroatoms. The van der Waals surface area contributed by atoms with Crippen molar-refractivity contribution in [2.24, 2.45) is 5.73 Å². The molecule has 4 nitrogen and oxygen atoms in total. The summed E-state index contributed by atoms with van der Waals surface area (Å²) in [5.41, 5.74) is 7.78. The lowest BCUT2D eigenvalue weighted by Crippen LogP contribution is -2.34. The zero-order chi connectivity index (χ0) is 15.1. The van der Waals surface area contributed by atoms with E-state index in [0.29, 0.717) is 6.42 Å². The van der Waals surface area contributed by atoms with Crippen LogP contribution in [0.1, 0.15) is 11.1 Å². The molecule has 0 saturated heterocycles. The Morgan fingerprint density at radius 3 is 2.33 bits per heavy atom. The predicted molar refractivity (Wildman–Crippen MR) is 80.9 cm³/mol. The topological polar surface area (TPSA) is 61.5 Å². The molecule has 2 N–H and O–H groups in total. The van der Waals surface area contributed by atoms with Crippen molar-refractivity contribution in [2.75, 3.05) is 7.11 Å². The molecule has 1 unspecified atom stereocenters. The first-order valence-corrected chi connectivity index (χ1v) is 6.78. The lowest BCUT2D eigenvalue weighted by Gasteiger charge is -2.12. The van der Waals surface area contributed by atoms with Crippen LogP contribution in [0.5, 0.6) is 5.75 Å². The molecule has 0 spiro atoms. The molecule has 0 aromatic heterocycles. The molecular formula is C17H19NO3. The maximum absolute atomic E-state index is 11.9. The monoisotopic (exact) mass is 285 g/mol. The Balaban J connectivity index is 1.83. The minimum atomic E-state index is -0.648. The number of methoxy groups -OCH3 is 1. The Bertz CT molecular complexity index is 566. The van der Waals surface area contributed by atoms with E-state index in [1.54, 1.807) is 7.11 Å². The van der Waals surface area contributed by atoms with Gasteiger partial charge in [-0.1, -0.05) is 42.5 Å². The summed E-state index contributed by atoms with van der Waals surface area (Å²) in [5.74, 6) is 0.375. The fourth-order valence-electron chi connectivity index (χ4n) is 1.93. The van der Waals surface area contributed by atoms with Gasteiger partial charge >= 0.3 is 5.97 Å². The Morgan fingerprint density at radius 1 is 1.05 bits per heavy atom. The van der Waals surface area contributed by atoms with E-state index in [2.05, 4.69) is 0 Å². The average Bonchev–Trinajstić information content (AvgIpc) is 2.54. The molecule has 21 heavy (non-hydrogen) atoms. The summed E-state index contributed by atoms with van der Waals surface area (Å²) in [6, 6.07) is 16.4. The van der Waals surface area contributed by atoms with Gasteiger partial charge in [0.15, 0.2) is 0 Å². The van der Waals surface area contributed by atoms with Crippen LogP contribution in [0, 0.1) is 0 Å². The van der Waals surface area contributed by atoms with E-state index in [9.17, 15) is 4.79 Å². The maximum Gasteiger partial charge on any atom is 0.323 e. The molecule has 0 bridgehead atoms. The highest BCUT2D eigenvalue weighted by atomic mass is 16.5. The number of ether oxygens (including phenoxy) is 2. The van der Waals surface area contributed by atoms with Crippen molar-refractivity contribution in [2.45, 2.75) is 19.1 Å². The van der Waals surface area contributed by atoms with Gasteiger partial charge in [0.05, 0.1) is 7.11 Å². The molecule has 0 radical (unpaired) electrons.